The zero-order valence-corrected chi connectivity index (χ0v) is 9.60. The Morgan fingerprint density at radius 3 is 2.67 bits per heavy atom. The molecule has 0 unspecified atom stereocenters. The summed E-state index contributed by atoms with van der Waals surface area (Å²) in [6, 6.07) is 6.67. The Hall–Kier alpha value is -0.930. The third-order valence-electron chi connectivity index (χ3n) is 2.28. The van der Waals surface area contributed by atoms with E-state index in [9.17, 15) is 4.39 Å². The van der Waals surface area contributed by atoms with E-state index in [0.29, 0.717) is 6.54 Å². The summed E-state index contributed by atoms with van der Waals surface area (Å²) in [5.41, 5.74) is 0.986. The summed E-state index contributed by atoms with van der Waals surface area (Å²) in [4.78, 5) is 0. The fourth-order valence-electron chi connectivity index (χ4n) is 1.49. The van der Waals surface area contributed by atoms with Gasteiger partial charge in [-0.05, 0) is 38.6 Å². The molecule has 3 heteroatoms. The van der Waals surface area contributed by atoms with Gasteiger partial charge < -0.3 is 10.6 Å². The average molecular weight is 210 g/mol. The highest BCUT2D eigenvalue weighted by Crippen LogP contribution is 2.06. The van der Waals surface area contributed by atoms with E-state index in [4.69, 9.17) is 0 Å². The van der Waals surface area contributed by atoms with Crippen LogP contribution < -0.4 is 10.6 Å². The topological polar surface area (TPSA) is 24.1 Å². The minimum Gasteiger partial charge on any atom is -0.318 e. The standard InChI is InChI=1S/C12H19FN2/c1-12(2,9-14-3)15-8-10-5-4-6-11(13)7-10/h4-7,14-15H,8-9H2,1-3H3. The zero-order valence-electron chi connectivity index (χ0n) is 9.60. The van der Waals surface area contributed by atoms with Crippen LogP contribution in [0.25, 0.3) is 0 Å². The van der Waals surface area contributed by atoms with Gasteiger partial charge in [0.2, 0.25) is 0 Å². The van der Waals surface area contributed by atoms with E-state index in [2.05, 4.69) is 24.5 Å². The second-order valence-corrected chi connectivity index (χ2v) is 4.40. The first-order chi connectivity index (χ1) is 7.03. The molecule has 1 rings (SSSR count). The molecule has 0 radical (unpaired) electrons. The Morgan fingerprint density at radius 1 is 1.33 bits per heavy atom. The fraction of sp³-hybridized carbons (Fsp3) is 0.500. The molecule has 2 N–H and O–H groups in total. The number of halogens is 1. The molecule has 0 aliphatic carbocycles. The summed E-state index contributed by atoms with van der Waals surface area (Å²) in [7, 11) is 1.92. The highest BCUT2D eigenvalue weighted by molar-refractivity contribution is 5.16. The van der Waals surface area contributed by atoms with Gasteiger partial charge in [-0.15, -0.1) is 0 Å². The summed E-state index contributed by atoms with van der Waals surface area (Å²) in [6.07, 6.45) is 0. The molecule has 0 aliphatic heterocycles. The highest BCUT2D eigenvalue weighted by Gasteiger charge is 2.14. The average Bonchev–Trinajstić information content (AvgIpc) is 2.15. The van der Waals surface area contributed by atoms with E-state index in [1.807, 2.05) is 13.1 Å². The maximum absolute atomic E-state index is 12.9. The Morgan fingerprint density at radius 2 is 2.07 bits per heavy atom. The fourth-order valence-corrected chi connectivity index (χ4v) is 1.49. The van der Waals surface area contributed by atoms with Gasteiger partial charge in [0.15, 0.2) is 0 Å². The minimum atomic E-state index is -0.180. The van der Waals surface area contributed by atoms with Crippen LogP contribution >= 0.6 is 0 Å². The van der Waals surface area contributed by atoms with Gasteiger partial charge in [-0.3, -0.25) is 0 Å². The molecule has 0 amide bonds. The van der Waals surface area contributed by atoms with Gasteiger partial charge in [-0.2, -0.15) is 0 Å². The van der Waals surface area contributed by atoms with Crippen LogP contribution in [0.2, 0.25) is 0 Å². The van der Waals surface area contributed by atoms with E-state index < -0.39 is 0 Å². The molecule has 1 aromatic carbocycles. The third-order valence-corrected chi connectivity index (χ3v) is 2.28. The Labute approximate surface area is 90.9 Å². The van der Waals surface area contributed by atoms with Crippen molar-refractivity contribution in [3.05, 3.63) is 35.6 Å². The Bertz CT molecular complexity index is 310. The lowest BCUT2D eigenvalue weighted by molar-refractivity contribution is 0.373. The predicted octanol–water partition coefficient (Wildman–Crippen LogP) is 1.91. The van der Waals surface area contributed by atoms with Crippen molar-refractivity contribution in [2.45, 2.75) is 25.9 Å². The molecule has 15 heavy (non-hydrogen) atoms. The monoisotopic (exact) mass is 210 g/mol. The number of likely N-dealkylation sites (N-methyl/N-ethyl adjacent to an activating group) is 1. The molecule has 0 atom stereocenters. The lowest BCUT2D eigenvalue weighted by Crippen LogP contribution is -2.46. The molecular weight excluding hydrogens is 191 g/mol. The van der Waals surface area contributed by atoms with Gasteiger partial charge in [0, 0.05) is 18.6 Å². The van der Waals surface area contributed by atoms with Crippen LogP contribution in [0.1, 0.15) is 19.4 Å². The van der Waals surface area contributed by atoms with E-state index in [-0.39, 0.29) is 11.4 Å². The maximum atomic E-state index is 12.9. The second-order valence-electron chi connectivity index (χ2n) is 4.40. The van der Waals surface area contributed by atoms with Gasteiger partial charge >= 0.3 is 0 Å². The molecule has 0 bridgehead atoms. The van der Waals surface area contributed by atoms with Gasteiger partial charge in [-0.25, -0.2) is 4.39 Å². The van der Waals surface area contributed by atoms with Crippen molar-refractivity contribution >= 4 is 0 Å². The van der Waals surface area contributed by atoms with Gasteiger partial charge in [0.1, 0.15) is 5.82 Å². The van der Waals surface area contributed by atoms with E-state index >= 15 is 0 Å². The first kappa shape index (κ1) is 12.1. The quantitative estimate of drug-likeness (QED) is 0.775. The van der Waals surface area contributed by atoms with Crippen LogP contribution in [0.5, 0.6) is 0 Å². The molecule has 0 spiro atoms. The number of nitrogens with one attached hydrogen (secondary N) is 2. The summed E-state index contributed by atoms with van der Waals surface area (Å²) in [6.45, 7) is 5.79. The maximum Gasteiger partial charge on any atom is 0.123 e. The number of benzene rings is 1. The van der Waals surface area contributed by atoms with Crippen LogP contribution in [0, 0.1) is 5.82 Å². The van der Waals surface area contributed by atoms with Crippen molar-refractivity contribution in [2.75, 3.05) is 13.6 Å². The van der Waals surface area contributed by atoms with Crippen molar-refractivity contribution in [3.63, 3.8) is 0 Å². The van der Waals surface area contributed by atoms with Crippen molar-refractivity contribution in [1.82, 2.24) is 10.6 Å². The van der Waals surface area contributed by atoms with Gasteiger partial charge in [-0.1, -0.05) is 12.1 Å². The Balaban J connectivity index is 2.49. The van der Waals surface area contributed by atoms with Crippen LogP contribution in [0.15, 0.2) is 24.3 Å². The van der Waals surface area contributed by atoms with E-state index in [1.54, 1.807) is 12.1 Å². The van der Waals surface area contributed by atoms with Crippen molar-refractivity contribution in [3.8, 4) is 0 Å². The Kier molecular flexibility index (Phi) is 4.24. The van der Waals surface area contributed by atoms with Crippen molar-refractivity contribution in [1.29, 1.82) is 0 Å². The first-order valence-electron chi connectivity index (χ1n) is 5.17. The third kappa shape index (κ3) is 4.40. The molecule has 0 aromatic heterocycles. The van der Waals surface area contributed by atoms with E-state index in [1.165, 1.54) is 6.07 Å². The molecule has 0 aliphatic rings. The lowest BCUT2D eigenvalue weighted by Gasteiger charge is -2.26. The number of hydrogen-bond donors (Lipinski definition) is 2. The highest BCUT2D eigenvalue weighted by atomic mass is 19.1. The van der Waals surface area contributed by atoms with Crippen LogP contribution in [-0.4, -0.2) is 19.1 Å². The van der Waals surface area contributed by atoms with Crippen LogP contribution in [-0.2, 0) is 6.54 Å². The zero-order chi connectivity index (χ0) is 11.3. The van der Waals surface area contributed by atoms with Gasteiger partial charge in [0.25, 0.3) is 0 Å². The van der Waals surface area contributed by atoms with Crippen LogP contribution in [0.4, 0.5) is 4.39 Å². The smallest absolute Gasteiger partial charge is 0.123 e. The molecule has 0 saturated carbocycles. The molecule has 0 fully saturated rings. The predicted molar refractivity (Wildman–Crippen MR) is 61.2 cm³/mol. The SMILES string of the molecule is CNCC(C)(C)NCc1cccc(F)c1. The summed E-state index contributed by atoms with van der Waals surface area (Å²) in [5.74, 6) is -0.180. The summed E-state index contributed by atoms with van der Waals surface area (Å²) >= 11 is 0. The molecule has 0 heterocycles. The van der Waals surface area contributed by atoms with Gasteiger partial charge in [0.05, 0.1) is 0 Å². The second kappa shape index (κ2) is 5.24. The lowest BCUT2D eigenvalue weighted by atomic mass is 10.1. The van der Waals surface area contributed by atoms with Crippen LogP contribution in [0.3, 0.4) is 0 Å². The first-order valence-corrected chi connectivity index (χ1v) is 5.17. The van der Waals surface area contributed by atoms with Crippen molar-refractivity contribution in [2.24, 2.45) is 0 Å². The van der Waals surface area contributed by atoms with E-state index in [0.717, 1.165) is 12.1 Å². The van der Waals surface area contributed by atoms with Crippen molar-refractivity contribution < 1.29 is 4.39 Å². The number of rotatable bonds is 5. The summed E-state index contributed by atoms with van der Waals surface area (Å²) < 4.78 is 12.9. The largest absolute Gasteiger partial charge is 0.318 e. The molecule has 2 nitrogen and oxygen atoms in total. The minimum absolute atomic E-state index is 0.0149. The molecular formula is C12H19FN2. The molecule has 1 aromatic rings. The molecule has 84 valence electrons. The number of hydrogen-bond acceptors (Lipinski definition) is 2. The molecule has 0 saturated heterocycles. The summed E-state index contributed by atoms with van der Waals surface area (Å²) in [5, 5.41) is 6.49. The normalized spacial score (nSPS) is 11.7.